The zero-order chi connectivity index (χ0) is 20.4. The normalized spacial score (nSPS) is 18.9. The molecule has 0 radical (unpaired) electrons. The van der Waals surface area contributed by atoms with Gasteiger partial charge in [-0.2, -0.15) is 0 Å². The number of ketones is 1. The van der Waals surface area contributed by atoms with Crippen LogP contribution in [-0.2, 0) is 9.59 Å². The monoisotopic (exact) mass is 419 g/mol. The van der Waals surface area contributed by atoms with Crippen LogP contribution in [0.4, 0.5) is 0 Å². The molecule has 1 unspecified atom stereocenters. The number of aromatic nitrogens is 1. The first-order chi connectivity index (χ1) is 13.3. The Balaban J connectivity index is 2.14. The third-order valence-corrected chi connectivity index (χ3v) is 5.28. The van der Waals surface area contributed by atoms with Gasteiger partial charge in [-0.1, -0.05) is 23.2 Å². The molecule has 8 heteroatoms. The average molecular weight is 420 g/mol. The molecule has 1 aliphatic rings. The molecule has 1 aromatic carbocycles. The van der Waals surface area contributed by atoms with E-state index in [1.54, 1.807) is 30.6 Å². The minimum Gasteiger partial charge on any atom is -0.507 e. The minimum absolute atomic E-state index is 0.0216. The SMILES string of the molecule is CN(C)CCN1C(=O)C(=O)/C(=C(\O)c2ccc(Cl)c(Cl)c2)C1c1ccncc1. The molecule has 3 rings (SSSR count). The highest BCUT2D eigenvalue weighted by molar-refractivity contribution is 6.46. The van der Waals surface area contributed by atoms with E-state index in [4.69, 9.17) is 23.2 Å². The van der Waals surface area contributed by atoms with Crippen molar-refractivity contribution in [2.24, 2.45) is 0 Å². The number of aliphatic hydroxyl groups excluding tert-OH is 1. The Hall–Kier alpha value is -2.41. The van der Waals surface area contributed by atoms with Gasteiger partial charge in [0.15, 0.2) is 0 Å². The zero-order valence-electron chi connectivity index (χ0n) is 15.4. The van der Waals surface area contributed by atoms with E-state index in [2.05, 4.69) is 4.98 Å². The van der Waals surface area contributed by atoms with Crippen LogP contribution >= 0.6 is 23.2 Å². The van der Waals surface area contributed by atoms with Crippen LogP contribution in [-0.4, -0.2) is 58.8 Å². The summed E-state index contributed by atoms with van der Waals surface area (Å²) in [5.41, 5.74) is 1.03. The van der Waals surface area contributed by atoms with Gasteiger partial charge in [0.05, 0.1) is 21.7 Å². The molecule has 1 aliphatic heterocycles. The molecule has 1 saturated heterocycles. The fourth-order valence-corrected chi connectivity index (χ4v) is 3.41. The first kappa shape index (κ1) is 20.3. The molecule has 2 heterocycles. The summed E-state index contributed by atoms with van der Waals surface area (Å²) in [5.74, 6) is -1.67. The number of hydrogen-bond acceptors (Lipinski definition) is 5. The number of hydrogen-bond donors (Lipinski definition) is 1. The molecular formula is C20H19Cl2N3O3. The van der Waals surface area contributed by atoms with E-state index < -0.39 is 17.7 Å². The van der Waals surface area contributed by atoms with Gasteiger partial charge >= 0.3 is 0 Å². The van der Waals surface area contributed by atoms with E-state index in [0.717, 1.165) is 0 Å². The van der Waals surface area contributed by atoms with Gasteiger partial charge in [0.2, 0.25) is 0 Å². The summed E-state index contributed by atoms with van der Waals surface area (Å²) in [6.07, 6.45) is 3.17. The van der Waals surface area contributed by atoms with Crippen LogP contribution < -0.4 is 0 Å². The number of benzene rings is 1. The molecule has 2 aromatic rings. The maximum Gasteiger partial charge on any atom is 0.295 e. The second kappa shape index (κ2) is 8.31. The number of nitrogens with zero attached hydrogens (tertiary/aromatic N) is 3. The van der Waals surface area contributed by atoms with E-state index >= 15 is 0 Å². The van der Waals surface area contributed by atoms with Crippen molar-refractivity contribution in [3.63, 3.8) is 0 Å². The van der Waals surface area contributed by atoms with E-state index in [1.807, 2.05) is 19.0 Å². The van der Waals surface area contributed by atoms with Crippen LogP contribution in [0, 0.1) is 0 Å². The van der Waals surface area contributed by atoms with E-state index in [-0.39, 0.29) is 16.4 Å². The molecular weight excluding hydrogens is 401 g/mol. The van der Waals surface area contributed by atoms with Gasteiger partial charge in [-0.15, -0.1) is 0 Å². The van der Waals surface area contributed by atoms with Gasteiger partial charge in [0, 0.05) is 31.0 Å². The Morgan fingerprint density at radius 2 is 1.82 bits per heavy atom. The van der Waals surface area contributed by atoms with Crippen molar-refractivity contribution >= 4 is 40.7 Å². The van der Waals surface area contributed by atoms with Gasteiger partial charge < -0.3 is 14.9 Å². The summed E-state index contributed by atoms with van der Waals surface area (Å²) < 4.78 is 0. The predicted molar refractivity (Wildman–Crippen MR) is 108 cm³/mol. The summed E-state index contributed by atoms with van der Waals surface area (Å²) in [5, 5.41) is 11.5. The highest BCUT2D eigenvalue weighted by Gasteiger charge is 2.45. The molecule has 0 bridgehead atoms. The molecule has 1 fully saturated rings. The maximum absolute atomic E-state index is 12.8. The van der Waals surface area contributed by atoms with Crippen LogP contribution in [0.5, 0.6) is 0 Å². The van der Waals surface area contributed by atoms with Gasteiger partial charge in [-0.3, -0.25) is 14.6 Å². The number of amides is 1. The number of likely N-dealkylation sites (tertiary alicyclic amines) is 1. The Morgan fingerprint density at radius 1 is 1.14 bits per heavy atom. The first-order valence-electron chi connectivity index (χ1n) is 8.59. The topological polar surface area (TPSA) is 73.7 Å². The number of Topliss-reactive ketones (excluding diaryl/α,β-unsaturated/α-hetero) is 1. The fraction of sp³-hybridized carbons (Fsp3) is 0.250. The van der Waals surface area contributed by atoms with E-state index in [1.165, 1.54) is 17.0 Å². The second-order valence-electron chi connectivity index (χ2n) is 6.71. The highest BCUT2D eigenvalue weighted by atomic mass is 35.5. The van der Waals surface area contributed by atoms with Crippen molar-refractivity contribution in [3.05, 3.63) is 69.5 Å². The lowest BCUT2D eigenvalue weighted by Gasteiger charge is -2.26. The summed E-state index contributed by atoms with van der Waals surface area (Å²) in [6, 6.07) is 7.29. The van der Waals surface area contributed by atoms with Crippen molar-refractivity contribution < 1.29 is 14.7 Å². The lowest BCUT2D eigenvalue weighted by molar-refractivity contribution is -0.140. The molecule has 0 spiro atoms. The number of carbonyl (C=O) groups excluding carboxylic acids is 2. The molecule has 6 nitrogen and oxygen atoms in total. The molecule has 0 aliphatic carbocycles. The molecule has 1 amide bonds. The van der Waals surface area contributed by atoms with Crippen LogP contribution in [0.15, 0.2) is 48.3 Å². The second-order valence-corrected chi connectivity index (χ2v) is 7.52. The predicted octanol–water partition coefficient (Wildman–Crippen LogP) is 3.37. The number of likely N-dealkylation sites (N-methyl/N-ethyl adjacent to an activating group) is 1. The molecule has 146 valence electrons. The Bertz CT molecular complexity index is 945. The Kier molecular flexibility index (Phi) is 6.03. The van der Waals surface area contributed by atoms with Gasteiger partial charge in [-0.05, 0) is 50.0 Å². The Morgan fingerprint density at radius 3 is 2.43 bits per heavy atom. The molecule has 1 aromatic heterocycles. The lowest BCUT2D eigenvalue weighted by Crippen LogP contribution is -2.35. The summed E-state index contributed by atoms with van der Waals surface area (Å²) in [6.45, 7) is 0.907. The summed E-state index contributed by atoms with van der Waals surface area (Å²) in [4.78, 5) is 32.9. The smallest absolute Gasteiger partial charge is 0.295 e. The third kappa shape index (κ3) is 3.90. The Labute approximate surface area is 173 Å². The van der Waals surface area contributed by atoms with E-state index in [0.29, 0.717) is 29.2 Å². The maximum atomic E-state index is 12.8. The zero-order valence-corrected chi connectivity index (χ0v) is 16.9. The van der Waals surface area contributed by atoms with Crippen molar-refractivity contribution in [2.45, 2.75) is 6.04 Å². The average Bonchev–Trinajstić information content (AvgIpc) is 2.93. The number of pyridine rings is 1. The number of rotatable bonds is 5. The van der Waals surface area contributed by atoms with Crippen molar-refractivity contribution in [1.29, 1.82) is 0 Å². The van der Waals surface area contributed by atoms with Crippen LogP contribution in [0.1, 0.15) is 17.2 Å². The van der Waals surface area contributed by atoms with Gasteiger partial charge in [0.25, 0.3) is 11.7 Å². The van der Waals surface area contributed by atoms with E-state index in [9.17, 15) is 14.7 Å². The number of aliphatic hydroxyl groups is 1. The van der Waals surface area contributed by atoms with Crippen LogP contribution in [0.25, 0.3) is 5.76 Å². The highest BCUT2D eigenvalue weighted by Crippen LogP contribution is 2.39. The number of carbonyl (C=O) groups is 2. The lowest BCUT2D eigenvalue weighted by atomic mass is 9.96. The van der Waals surface area contributed by atoms with Crippen LogP contribution in [0.2, 0.25) is 10.0 Å². The van der Waals surface area contributed by atoms with Crippen LogP contribution in [0.3, 0.4) is 0 Å². The molecule has 1 atom stereocenters. The first-order valence-corrected chi connectivity index (χ1v) is 9.35. The minimum atomic E-state index is -0.732. The molecule has 0 saturated carbocycles. The summed E-state index contributed by atoms with van der Waals surface area (Å²) in [7, 11) is 3.77. The van der Waals surface area contributed by atoms with Gasteiger partial charge in [-0.25, -0.2) is 0 Å². The van der Waals surface area contributed by atoms with Crippen molar-refractivity contribution in [3.8, 4) is 0 Å². The van der Waals surface area contributed by atoms with Gasteiger partial charge in [0.1, 0.15) is 5.76 Å². The largest absolute Gasteiger partial charge is 0.507 e. The summed E-state index contributed by atoms with van der Waals surface area (Å²) >= 11 is 12.0. The fourth-order valence-electron chi connectivity index (χ4n) is 3.11. The quantitative estimate of drug-likeness (QED) is 0.456. The third-order valence-electron chi connectivity index (χ3n) is 4.54. The van der Waals surface area contributed by atoms with Crippen molar-refractivity contribution in [2.75, 3.05) is 27.2 Å². The molecule has 28 heavy (non-hydrogen) atoms. The number of halogens is 2. The standard InChI is InChI=1S/C20H19Cl2N3O3/c1-24(2)9-10-25-17(12-5-7-23-8-6-12)16(19(27)20(25)28)18(26)13-3-4-14(21)15(22)11-13/h3-8,11,17,26H,9-10H2,1-2H3/b18-16-. The van der Waals surface area contributed by atoms with Crippen molar-refractivity contribution in [1.82, 2.24) is 14.8 Å². The molecule has 1 N–H and O–H groups in total.